The molecule has 0 spiro atoms. The Bertz CT molecular complexity index is 469. The second-order valence-corrected chi connectivity index (χ2v) is 4.51. The van der Waals surface area contributed by atoms with Crippen LogP contribution in [0.1, 0.15) is 19.4 Å². The summed E-state index contributed by atoms with van der Waals surface area (Å²) in [7, 11) is 0. The second kappa shape index (κ2) is 7.02. The van der Waals surface area contributed by atoms with E-state index in [0.717, 1.165) is 10.2 Å². The van der Waals surface area contributed by atoms with Gasteiger partial charge in [-0.25, -0.2) is 0 Å². The number of carbonyl (C=O) groups is 1. The second-order valence-electron chi connectivity index (χ2n) is 3.59. The average Bonchev–Trinajstić information content (AvgIpc) is 2.36. The number of esters is 1. The number of halogens is 1. The maximum Gasteiger partial charge on any atom is 0.325 e. The quantitative estimate of drug-likeness (QED) is 0.785. The molecule has 1 rings (SSSR count). The van der Waals surface area contributed by atoms with E-state index in [1.165, 1.54) is 0 Å². The minimum absolute atomic E-state index is 0.148. The van der Waals surface area contributed by atoms with Crippen molar-refractivity contribution in [2.45, 2.75) is 13.8 Å². The molecule has 0 aromatic heterocycles. The highest BCUT2D eigenvalue weighted by Gasteiger charge is 2.14. The summed E-state index contributed by atoms with van der Waals surface area (Å²) < 4.78 is 5.80. The molecule has 0 fully saturated rings. The zero-order valence-electron chi connectivity index (χ0n) is 10.4. The van der Waals surface area contributed by atoms with Gasteiger partial charge in [0.05, 0.1) is 17.9 Å². The third-order valence-corrected chi connectivity index (χ3v) is 2.92. The predicted molar refractivity (Wildman–Crippen MR) is 73.4 cm³/mol. The van der Waals surface area contributed by atoms with Crippen LogP contribution >= 0.6 is 15.9 Å². The number of hydrogen-bond donors (Lipinski definition) is 0. The lowest BCUT2D eigenvalue weighted by Gasteiger charge is -2.23. The van der Waals surface area contributed by atoms with Crippen LogP contribution in [0.5, 0.6) is 0 Å². The molecule has 0 aliphatic heterocycles. The first-order chi connectivity index (χ1) is 8.62. The molecule has 4 nitrogen and oxygen atoms in total. The van der Waals surface area contributed by atoms with Gasteiger partial charge in [0.25, 0.3) is 0 Å². The summed E-state index contributed by atoms with van der Waals surface area (Å²) in [5.41, 5.74) is 1.28. The minimum Gasteiger partial charge on any atom is -0.465 e. The van der Waals surface area contributed by atoms with E-state index in [4.69, 9.17) is 10.00 Å². The van der Waals surface area contributed by atoms with Crippen LogP contribution in [0.4, 0.5) is 5.69 Å². The standard InChI is InChI=1S/C13H15BrN2O2/c1-3-16(9-13(17)18-4-2)12-7-11(14)6-5-10(12)8-15/h5-7H,3-4,9H2,1-2H3. The smallest absolute Gasteiger partial charge is 0.325 e. The molecule has 0 radical (unpaired) electrons. The van der Waals surface area contributed by atoms with E-state index in [1.807, 2.05) is 17.9 Å². The summed E-state index contributed by atoms with van der Waals surface area (Å²) in [5.74, 6) is -0.289. The summed E-state index contributed by atoms with van der Waals surface area (Å²) in [4.78, 5) is 13.3. The summed E-state index contributed by atoms with van der Waals surface area (Å²) >= 11 is 3.37. The Labute approximate surface area is 115 Å². The molecule has 0 amide bonds. The van der Waals surface area contributed by atoms with Gasteiger partial charge in [0, 0.05) is 11.0 Å². The summed E-state index contributed by atoms with van der Waals surface area (Å²) in [6.07, 6.45) is 0. The number of carbonyl (C=O) groups excluding carboxylic acids is 1. The van der Waals surface area contributed by atoms with Crippen LogP contribution in [0.25, 0.3) is 0 Å². The molecule has 0 aliphatic carbocycles. The molecule has 0 heterocycles. The Morgan fingerprint density at radius 2 is 2.22 bits per heavy atom. The van der Waals surface area contributed by atoms with Gasteiger partial charge in [0.15, 0.2) is 0 Å². The molecule has 5 heteroatoms. The Kier molecular flexibility index (Phi) is 5.66. The Hall–Kier alpha value is -1.54. The topological polar surface area (TPSA) is 53.3 Å². The molecule has 0 saturated carbocycles. The maximum atomic E-state index is 11.5. The monoisotopic (exact) mass is 310 g/mol. The van der Waals surface area contributed by atoms with Gasteiger partial charge in [-0.3, -0.25) is 4.79 Å². The highest BCUT2D eigenvalue weighted by molar-refractivity contribution is 9.10. The van der Waals surface area contributed by atoms with E-state index in [9.17, 15) is 4.79 Å². The lowest BCUT2D eigenvalue weighted by atomic mass is 10.1. The van der Waals surface area contributed by atoms with Crippen molar-refractivity contribution in [1.29, 1.82) is 5.26 Å². The number of hydrogen-bond acceptors (Lipinski definition) is 4. The highest BCUT2D eigenvalue weighted by Crippen LogP contribution is 2.24. The summed E-state index contributed by atoms with van der Waals surface area (Å²) in [5, 5.41) is 9.08. The molecule has 0 atom stereocenters. The Balaban J connectivity index is 2.98. The zero-order valence-corrected chi connectivity index (χ0v) is 12.0. The van der Waals surface area contributed by atoms with Crippen LogP contribution in [-0.4, -0.2) is 25.7 Å². The molecular formula is C13H15BrN2O2. The Morgan fingerprint density at radius 1 is 1.50 bits per heavy atom. The fourth-order valence-corrected chi connectivity index (χ4v) is 1.94. The number of anilines is 1. The average molecular weight is 311 g/mol. The lowest BCUT2D eigenvalue weighted by Crippen LogP contribution is -2.31. The van der Waals surface area contributed by atoms with E-state index in [2.05, 4.69) is 22.0 Å². The van der Waals surface area contributed by atoms with E-state index in [1.54, 1.807) is 19.1 Å². The first-order valence-electron chi connectivity index (χ1n) is 5.72. The number of ether oxygens (including phenoxy) is 1. The van der Waals surface area contributed by atoms with Gasteiger partial charge in [-0.15, -0.1) is 0 Å². The zero-order chi connectivity index (χ0) is 13.5. The Morgan fingerprint density at radius 3 is 2.78 bits per heavy atom. The lowest BCUT2D eigenvalue weighted by molar-refractivity contribution is -0.141. The largest absolute Gasteiger partial charge is 0.465 e. The fourth-order valence-electron chi connectivity index (χ4n) is 1.59. The van der Waals surface area contributed by atoms with Crippen LogP contribution in [0.2, 0.25) is 0 Å². The first kappa shape index (κ1) is 14.5. The van der Waals surface area contributed by atoms with Gasteiger partial charge in [-0.1, -0.05) is 15.9 Å². The molecule has 0 unspecified atom stereocenters. The van der Waals surface area contributed by atoms with Gasteiger partial charge in [-0.05, 0) is 32.0 Å². The van der Waals surface area contributed by atoms with Gasteiger partial charge in [0.2, 0.25) is 0 Å². The maximum absolute atomic E-state index is 11.5. The van der Waals surface area contributed by atoms with E-state index in [-0.39, 0.29) is 12.5 Å². The van der Waals surface area contributed by atoms with Gasteiger partial charge in [0.1, 0.15) is 12.6 Å². The molecule has 1 aromatic carbocycles. The van der Waals surface area contributed by atoms with Crippen molar-refractivity contribution in [2.24, 2.45) is 0 Å². The number of rotatable bonds is 5. The van der Waals surface area contributed by atoms with Gasteiger partial charge < -0.3 is 9.64 Å². The van der Waals surface area contributed by atoms with Crippen LogP contribution < -0.4 is 4.90 Å². The molecule has 96 valence electrons. The van der Waals surface area contributed by atoms with Crippen LogP contribution in [0.3, 0.4) is 0 Å². The normalized spacial score (nSPS) is 9.67. The third-order valence-electron chi connectivity index (χ3n) is 2.43. The van der Waals surface area contributed by atoms with E-state index < -0.39 is 0 Å². The van der Waals surface area contributed by atoms with E-state index in [0.29, 0.717) is 18.7 Å². The summed E-state index contributed by atoms with van der Waals surface area (Å²) in [6.45, 7) is 4.84. The van der Waals surface area contributed by atoms with Gasteiger partial charge >= 0.3 is 5.97 Å². The van der Waals surface area contributed by atoms with Crippen molar-refractivity contribution >= 4 is 27.6 Å². The number of likely N-dealkylation sites (N-methyl/N-ethyl adjacent to an activating group) is 1. The van der Waals surface area contributed by atoms with Crippen LogP contribution in [-0.2, 0) is 9.53 Å². The molecule has 0 saturated heterocycles. The first-order valence-corrected chi connectivity index (χ1v) is 6.51. The molecular weight excluding hydrogens is 296 g/mol. The molecule has 1 aromatic rings. The summed E-state index contributed by atoms with van der Waals surface area (Å²) in [6, 6.07) is 7.50. The fraction of sp³-hybridized carbons (Fsp3) is 0.385. The number of nitriles is 1. The van der Waals surface area contributed by atoms with E-state index >= 15 is 0 Å². The van der Waals surface area contributed by atoms with Crippen LogP contribution in [0.15, 0.2) is 22.7 Å². The molecule has 0 aliphatic rings. The predicted octanol–water partition coefficient (Wildman–Crippen LogP) is 2.71. The van der Waals surface area contributed by atoms with Crippen molar-refractivity contribution in [3.8, 4) is 6.07 Å². The number of benzene rings is 1. The number of nitrogens with zero attached hydrogens (tertiary/aromatic N) is 2. The third kappa shape index (κ3) is 3.74. The van der Waals surface area contributed by atoms with Crippen molar-refractivity contribution in [3.05, 3.63) is 28.2 Å². The highest BCUT2D eigenvalue weighted by atomic mass is 79.9. The molecule has 18 heavy (non-hydrogen) atoms. The van der Waals surface area contributed by atoms with Crippen molar-refractivity contribution in [3.63, 3.8) is 0 Å². The van der Waals surface area contributed by atoms with Crippen molar-refractivity contribution < 1.29 is 9.53 Å². The SMILES string of the molecule is CCOC(=O)CN(CC)c1cc(Br)ccc1C#N. The van der Waals surface area contributed by atoms with Crippen LogP contribution in [0, 0.1) is 11.3 Å². The minimum atomic E-state index is -0.289. The van der Waals surface area contributed by atoms with Crippen molar-refractivity contribution in [2.75, 3.05) is 24.6 Å². The molecule has 0 bridgehead atoms. The molecule has 0 N–H and O–H groups in total. The van der Waals surface area contributed by atoms with Crippen molar-refractivity contribution in [1.82, 2.24) is 0 Å². The van der Waals surface area contributed by atoms with Gasteiger partial charge in [-0.2, -0.15) is 5.26 Å².